The number of amides is 2. The van der Waals surface area contributed by atoms with Crippen LogP contribution in [0.3, 0.4) is 0 Å². The summed E-state index contributed by atoms with van der Waals surface area (Å²) in [6, 6.07) is -0.758. The first-order valence-corrected chi connectivity index (χ1v) is 8.24. The summed E-state index contributed by atoms with van der Waals surface area (Å²) in [5, 5.41) is 2.95. The van der Waals surface area contributed by atoms with Crippen LogP contribution in [0.2, 0.25) is 0 Å². The zero-order valence-corrected chi connectivity index (χ0v) is 14.7. The molecule has 1 fully saturated rings. The number of carbonyl (C=O) groups is 2. The number of nitrogens with one attached hydrogen (secondary N) is 1. The summed E-state index contributed by atoms with van der Waals surface area (Å²) < 4.78 is 0. The van der Waals surface area contributed by atoms with Crippen molar-refractivity contribution in [2.75, 3.05) is 6.54 Å². The smallest absolute Gasteiger partial charge is 0.246 e. The molecule has 1 N–H and O–H groups in total. The molecule has 0 aromatic rings. The van der Waals surface area contributed by atoms with Crippen LogP contribution in [0, 0.1) is 17.3 Å². The van der Waals surface area contributed by atoms with Crippen molar-refractivity contribution < 1.29 is 9.59 Å². The van der Waals surface area contributed by atoms with Gasteiger partial charge < -0.3 is 10.2 Å². The summed E-state index contributed by atoms with van der Waals surface area (Å²) in [7, 11) is 0. The van der Waals surface area contributed by atoms with Gasteiger partial charge >= 0.3 is 0 Å². The summed E-state index contributed by atoms with van der Waals surface area (Å²) in [5.74, 6) is 0.661. The number of rotatable bonds is 5. The maximum absolute atomic E-state index is 12.9. The highest BCUT2D eigenvalue weighted by molar-refractivity contribution is 5.97. The Kier molecular flexibility index (Phi) is 5.83. The van der Waals surface area contributed by atoms with Crippen LogP contribution in [0.4, 0.5) is 0 Å². The van der Waals surface area contributed by atoms with Gasteiger partial charge in [0.15, 0.2) is 0 Å². The molecule has 1 heterocycles. The average molecular weight is 296 g/mol. The van der Waals surface area contributed by atoms with E-state index >= 15 is 0 Å². The molecular weight excluding hydrogens is 264 g/mol. The summed E-state index contributed by atoms with van der Waals surface area (Å²) in [6.07, 6.45) is 2.07. The molecule has 4 nitrogen and oxygen atoms in total. The van der Waals surface area contributed by atoms with E-state index in [1.807, 2.05) is 39.5 Å². The second-order valence-corrected chi connectivity index (χ2v) is 7.67. The molecule has 21 heavy (non-hydrogen) atoms. The fourth-order valence-corrected chi connectivity index (χ4v) is 3.01. The molecule has 0 bridgehead atoms. The molecule has 0 aliphatic carbocycles. The highest BCUT2D eigenvalue weighted by Crippen LogP contribution is 2.28. The van der Waals surface area contributed by atoms with Crippen molar-refractivity contribution in [2.45, 2.75) is 73.4 Å². The molecule has 1 rings (SSSR count). The largest absolute Gasteiger partial charge is 0.342 e. The molecule has 0 saturated carbocycles. The number of hydrogen-bond donors (Lipinski definition) is 1. The maximum Gasteiger partial charge on any atom is 0.246 e. The monoisotopic (exact) mass is 296 g/mol. The lowest BCUT2D eigenvalue weighted by Crippen LogP contribution is -2.68. The Hall–Kier alpha value is -1.06. The van der Waals surface area contributed by atoms with E-state index in [0.717, 1.165) is 12.8 Å². The van der Waals surface area contributed by atoms with Crippen molar-refractivity contribution in [2.24, 2.45) is 17.3 Å². The molecule has 1 aliphatic rings. The zero-order valence-electron chi connectivity index (χ0n) is 14.7. The third-order valence-corrected chi connectivity index (χ3v) is 4.53. The lowest BCUT2D eigenvalue weighted by molar-refractivity contribution is -0.155. The quantitative estimate of drug-likeness (QED) is 0.848. The second-order valence-electron chi connectivity index (χ2n) is 7.67. The molecule has 2 unspecified atom stereocenters. The van der Waals surface area contributed by atoms with Gasteiger partial charge in [-0.2, -0.15) is 0 Å². The molecule has 4 heteroatoms. The maximum atomic E-state index is 12.9. The number of hydrogen-bond acceptors (Lipinski definition) is 2. The molecule has 2 atom stereocenters. The molecule has 0 aromatic carbocycles. The van der Waals surface area contributed by atoms with E-state index in [2.05, 4.69) is 19.2 Å². The fourth-order valence-electron chi connectivity index (χ4n) is 3.01. The van der Waals surface area contributed by atoms with Gasteiger partial charge in [-0.15, -0.1) is 0 Å². The Bertz CT molecular complexity index is 381. The lowest BCUT2D eigenvalue weighted by atomic mass is 9.82. The molecule has 0 radical (unpaired) electrons. The summed E-state index contributed by atoms with van der Waals surface area (Å²) in [6.45, 7) is 15.0. The predicted molar refractivity (Wildman–Crippen MR) is 85.8 cm³/mol. The molecule has 1 aliphatic heterocycles. The van der Waals surface area contributed by atoms with Gasteiger partial charge in [0.05, 0.1) is 0 Å². The van der Waals surface area contributed by atoms with Crippen LogP contribution in [0.25, 0.3) is 0 Å². The molecule has 1 saturated heterocycles. The summed E-state index contributed by atoms with van der Waals surface area (Å²) >= 11 is 0. The van der Waals surface area contributed by atoms with Crippen molar-refractivity contribution in [1.82, 2.24) is 10.2 Å². The average Bonchev–Trinajstić information content (AvgIpc) is 2.37. The molecular formula is C17H32N2O2. The third kappa shape index (κ3) is 3.98. The highest BCUT2D eigenvalue weighted by atomic mass is 16.2. The van der Waals surface area contributed by atoms with Gasteiger partial charge in [-0.1, -0.05) is 61.3 Å². The Morgan fingerprint density at radius 1 is 1.14 bits per heavy atom. The van der Waals surface area contributed by atoms with Gasteiger partial charge in [0.25, 0.3) is 0 Å². The van der Waals surface area contributed by atoms with Crippen LogP contribution in [0.1, 0.15) is 61.3 Å². The molecule has 2 amide bonds. The van der Waals surface area contributed by atoms with E-state index in [1.54, 1.807) is 0 Å². The van der Waals surface area contributed by atoms with Crippen LogP contribution < -0.4 is 5.32 Å². The van der Waals surface area contributed by atoms with Crippen LogP contribution in [0.5, 0.6) is 0 Å². The topological polar surface area (TPSA) is 49.4 Å². The first-order valence-electron chi connectivity index (χ1n) is 8.24. The van der Waals surface area contributed by atoms with Crippen molar-refractivity contribution in [3.63, 3.8) is 0 Å². The highest BCUT2D eigenvalue weighted by Gasteiger charge is 2.46. The predicted octanol–water partition coefficient (Wildman–Crippen LogP) is 2.82. The third-order valence-electron chi connectivity index (χ3n) is 4.53. The number of nitrogens with zero attached hydrogens (tertiary/aromatic N) is 1. The Morgan fingerprint density at radius 3 is 2.05 bits per heavy atom. The fraction of sp³-hybridized carbons (Fsp3) is 0.882. The van der Waals surface area contributed by atoms with E-state index in [-0.39, 0.29) is 29.2 Å². The van der Waals surface area contributed by atoms with Gasteiger partial charge in [0.2, 0.25) is 11.8 Å². The van der Waals surface area contributed by atoms with Gasteiger partial charge in [-0.3, -0.25) is 9.59 Å². The first-order chi connectivity index (χ1) is 9.63. The Labute approximate surface area is 129 Å². The minimum Gasteiger partial charge on any atom is -0.342 e. The lowest BCUT2D eigenvalue weighted by Gasteiger charge is -2.45. The van der Waals surface area contributed by atoms with Gasteiger partial charge in [0.1, 0.15) is 12.1 Å². The number of piperazine rings is 1. The van der Waals surface area contributed by atoms with Crippen LogP contribution >= 0.6 is 0 Å². The van der Waals surface area contributed by atoms with E-state index in [0.29, 0.717) is 12.5 Å². The standard InChI is InChI=1S/C17H32N2O2/c1-8-12(9-2)10-19-13(11(3)4)15(20)18-14(16(19)21)17(5,6)7/h11-14H,8-10H2,1-7H3,(H,18,20). The normalized spacial score (nSPS) is 24.0. The van der Waals surface area contributed by atoms with E-state index < -0.39 is 6.04 Å². The van der Waals surface area contributed by atoms with E-state index in [4.69, 9.17) is 0 Å². The molecule has 0 aromatic heterocycles. The minimum atomic E-state index is -0.422. The van der Waals surface area contributed by atoms with Crippen molar-refractivity contribution in [3.8, 4) is 0 Å². The summed E-state index contributed by atoms with van der Waals surface area (Å²) in [4.78, 5) is 27.3. The first kappa shape index (κ1) is 18.0. The Morgan fingerprint density at radius 2 is 1.67 bits per heavy atom. The van der Waals surface area contributed by atoms with Crippen LogP contribution in [-0.2, 0) is 9.59 Å². The van der Waals surface area contributed by atoms with Crippen molar-refractivity contribution in [1.29, 1.82) is 0 Å². The SMILES string of the molecule is CCC(CC)CN1C(=O)C(C(C)(C)C)NC(=O)C1C(C)C. The summed E-state index contributed by atoms with van der Waals surface area (Å²) in [5.41, 5.74) is -0.263. The Balaban J connectivity index is 3.09. The van der Waals surface area contributed by atoms with Gasteiger partial charge in [-0.25, -0.2) is 0 Å². The van der Waals surface area contributed by atoms with E-state index in [9.17, 15) is 9.59 Å². The molecule has 122 valence electrons. The van der Waals surface area contributed by atoms with Crippen molar-refractivity contribution in [3.05, 3.63) is 0 Å². The van der Waals surface area contributed by atoms with Crippen LogP contribution in [0.15, 0.2) is 0 Å². The van der Waals surface area contributed by atoms with Gasteiger partial charge in [0, 0.05) is 6.54 Å². The second kappa shape index (κ2) is 6.80. The minimum absolute atomic E-state index is 0.00418. The number of carbonyl (C=O) groups excluding carboxylic acids is 2. The van der Waals surface area contributed by atoms with E-state index in [1.165, 1.54) is 0 Å². The molecule has 0 spiro atoms. The van der Waals surface area contributed by atoms with Crippen molar-refractivity contribution >= 4 is 11.8 Å². The van der Waals surface area contributed by atoms with Gasteiger partial charge in [-0.05, 0) is 17.3 Å². The van der Waals surface area contributed by atoms with Crippen LogP contribution in [-0.4, -0.2) is 35.3 Å². The zero-order chi connectivity index (χ0) is 16.4.